The predicted octanol–water partition coefficient (Wildman–Crippen LogP) is 2.15. The van der Waals surface area contributed by atoms with Crippen molar-refractivity contribution in [2.24, 2.45) is 0 Å². The van der Waals surface area contributed by atoms with Crippen LogP contribution in [0.25, 0.3) is 0 Å². The van der Waals surface area contributed by atoms with Gasteiger partial charge in [0, 0.05) is 17.3 Å². The summed E-state index contributed by atoms with van der Waals surface area (Å²) in [7, 11) is 0. The number of hydrogen-bond acceptors (Lipinski definition) is 4. The molecule has 0 aromatic carbocycles. The van der Waals surface area contributed by atoms with Crippen LogP contribution in [0.3, 0.4) is 0 Å². The molecule has 0 aliphatic carbocycles. The predicted molar refractivity (Wildman–Crippen MR) is 53.7 cm³/mol. The van der Waals surface area contributed by atoms with Gasteiger partial charge < -0.3 is 5.32 Å². The van der Waals surface area contributed by atoms with E-state index in [1.54, 1.807) is 23.9 Å². The average molecular weight is 191 g/mol. The van der Waals surface area contributed by atoms with E-state index in [9.17, 15) is 0 Å². The Morgan fingerprint density at radius 3 is 3.08 bits per heavy atom. The van der Waals surface area contributed by atoms with Gasteiger partial charge in [-0.1, -0.05) is 0 Å². The van der Waals surface area contributed by atoms with Crippen molar-refractivity contribution in [3.8, 4) is 0 Å². The second-order valence-corrected chi connectivity index (χ2v) is 3.35. The van der Waals surface area contributed by atoms with E-state index in [1.807, 2.05) is 17.5 Å². The summed E-state index contributed by atoms with van der Waals surface area (Å²) in [5.41, 5.74) is 2.14. The van der Waals surface area contributed by atoms with E-state index in [0.29, 0.717) is 0 Å². The molecule has 0 unspecified atom stereocenters. The number of aromatic nitrogens is 2. The summed E-state index contributed by atoms with van der Waals surface area (Å²) >= 11 is 1.68. The molecule has 3 nitrogen and oxygen atoms in total. The molecule has 0 atom stereocenters. The molecule has 0 aliphatic heterocycles. The molecule has 0 saturated heterocycles. The van der Waals surface area contributed by atoms with Crippen LogP contribution in [0.1, 0.15) is 5.69 Å². The van der Waals surface area contributed by atoms with Gasteiger partial charge in [0.2, 0.25) is 0 Å². The fourth-order valence-electron chi connectivity index (χ4n) is 0.980. The Hall–Kier alpha value is -1.42. The Morgan fingerprint density at radius 1 is 1.38 bits per heavy atom. The van der Waals surface area contributed by atoms with Gasteiger partial charge in [-0.3, -0.25) is 0 Å². The van der Waals surface area contributed by atoms with E-state index in [-0.39, 0.29) is 0 Å². The molecule has 0 saturated carbocycles. The zero-order chi connectivity index (χ0) is 8.93. The first-order valence-electron chi connectivity index (χ1n) is 3.96. The highest BCUT2D eigenvalue weighted by Gasteiger charge is 1.93. The van der Waals surface area contributed by atoms with Crippen LogP contribution in [0.2, 0.25) is 0 Å². The molecule has 0 aliphatic rings. The summed E-state index contributed by atoms with van der Waals surface area (Å²) in [5.74, 6) is 0. The molecule has 1 N–H and O–H groups in total. The summed E-state index contributed by atoms with van der Waals surface area (Å²) in [6.45, 7) is 0.749. The molecule has 0 radical (unpaired) electrons. The van der Waals surface area contributed by atoms with E-state index >= 15 is 0 Å². The molecule has 4 heteroatoms. The van der Waals surface area contributed by atoms with E-state index < -0.39 is 0 Å². The Morgan fingerprint density at radius 2 is 2.38 bits per heavy atom. The Balaban J connectivity index is 1.94. The van der Waals surface area contributed by atoms with E-state index in [4.69, 9.17) is 0 Å². The van der Waals surface area contributed by atoms with Crippen LogP contribution in [0.4, 0.5) is 5.69 Å². The molecule has 0 spiro atoms. The lowest BCUT2D eigenvalue weighted by Gasteiger charge is -2.01. The van der Waals surface area contributed by atoms with Gasteiger partial charge >= 0.3 is 0 Å². The van der Waals surface area contributed by atoms with Crippen molar-refractivity contribution in [2.75, 3.05) is 5.32 Å². The first kappa shape index (κ1) is 8.19. The molecule has 13 heavy (non-hydrogen) atoms. The summed E-state index contributed by atoms with van der Waals surface area (Å²) in [4.78, 5) is 7.96. The van der Waals surface area contributed by atoms with Crippen molar-refractivity contribution >= 4 is 17.0 Å². The number of rotatable bonds is 3. The summed E-state index contributed by atoms with van der Waals surface area (Å²) in [6, 6.07) is 3.95. The lowest BCUT2D eigenvalue weighted by molar-refractivity contribution is 1.01. The second-order valence-electron chi connectivity index (χ2n) is 2.57. The van der Waals surface area contributed by atoms with Gasteiger partial charge in [-0.05, 0) is 17.5 Å². The number of anilines is 1. The molecule has 2 aromatic rings. The summed E-state index contributed by atoms with van der Waals surface area (Å²) in [6.07, 6.45) is 3.31. The minimum Gasteiger partial charge on any atom is -0.379 e. The average Bonchev–Trinajstić information content (AvgIpc) is 2.69. The first-order valence-corrected chi connectivity index (χ1v) is 4.90. The van der Waals surface area contributed by atoms with Crippen LogP contribution >= 0.6 is 11.3 Å². The van der Waals surface area contributed by atoms with Gasteiger partial charge in [-0.2, -0.15) is 11.3 Å². The minimum atomic E-state index is 0.749. The van der Waals surface area contributed by atoms with Gasteiger partial charge in [-0.15, -0.1) is 0 Å². The van der Waals surface area contributed by atoms with Crippen molar-refractivity contribution in [2.45, 2.75) is 6.54 Å². The maximum atomic E-state index is 4.11. The van der Waals surface area contributed by atoms with Gasteiger partial charge in [0.25, 0.3) is 0 Å². The van der Waals surface area contributed by atoms with E-state index in [2.05, 4.69) is 20.7 Å². The summed E-state index contributed by atoms with van der Waals surface area (Å²) in [5, 5.41) is 7.38. The van der Waals surface area contributed by atoms with Crippen molar-refractivity contribution < 1.29 is 0 Å². The molecular weight excluding hydrogens is 182 g/mol. The normalized spacial score (nSPS) is 9.85. The molecule has 2 heterocycles. The number of nitrogens with zero attached hydrogens (tertiary/aromatic N) is 2. The zero-order valence-electron chi connectivity index (χ0n) is 6.97. The molecule has 2 rings (SSSR count). The summed E-state index contributed by atoms with van der Waals surface area (Å²) < 4.78 is 0. The van der Waals surface area contributed by atoms with Gasteiger partial charge in [0.15, 0.2) is 0 Å². The first-order chi connectivity index (χ1) is 6.45. The van der Waals surface area contributed by atoms with Crippen molar-refractivity contribution in [1.82, 2.24) is 9.97 Å². The molecular formula is C9H9N3S. The maximum absolute atomic E-state index is 4.11. The van der Waals surface area contributed by atoms with Gasteiger partial charge in [0.1, 0.15) is 6.33 Å². The molecule has 0 amide bonds. The second kappa shape index (κ2) is 4.00. The minimum absolute atomic E-state index is 0.749. The van der Waals surface area contributed by atoms with Gasteiger partial charge in [0.05, 0.1) is 12.2 Å². The van der Waals surface area contributed by atoms with Crippen molar-refractivity contribution in [3.05, 3.63) is 41.1 Å². The molecule has 2 aromatic heterocycles. The van der Waals surface area contributed by atoms with Crippen LogP contribution in [-0.2, 0) is 6.54 Å². The van der Waals surface area contributed by atoms with E-state index in [0.717, 1.165) is 17.9 Å². The number of nitrogens with one attached hydrogen (secondary N) is 1. The number of thiophene rings is 1. The van der Waals surface area contributed by atoms with Crippen LogP contribution in [0.15, 0.2) is 35.4 Å². The smallest absolute Gasteiger partial charge is 0.115 e. The highest BCUT2D eigenvalue weighted by Crippen LogP contribution is 2.12. The Labute approximate surface area is 80.5 Å². The third kappa shape index (κ3) is 2.26. The van der Waals surface area contributed by atoms with E-state index in [1.165, 1.54) is 0 Å². The topological polar surface area (TPSA) is 37.8 Å². The lowest BCUT2D eigenvalue weighted by Crippen LogP contribution is -2.00. The largest absolute Gasteiger partial charge is 0.379 e. The highest BCUT2D eigenvalue weighted by molar-refractivity contribution is 7.08. The fraction of sp³-hybridized carbons (Fsp3) is 0.111. The van der Waals surface area contributed by atoms with Crippen molar-refractivity contribution in [3.63, 3.8) is 0 Å². The maximum Gasteiger partial charge on any atom is 0.115 e. The standard InChI is InChI=1S/C9H9N3S/c1-3-10-7-12-8(1)5-11-9-2-4-13-6-9/h1-4,6-7,11H,5H2. The lowest BCUT2D eigenvalue weighted by atomic mass is 10.4. The third-order valence-electron chi connectivity index (χ3n) is 1.64. The van der Waals surface area contributed by atoms with Crippen molar-refractivity contribution in [1.29, 1.82) is 0 Å². The van der Waals surface area contributed by atoms with Gasteiger partial charge in [-0.25, -0.2) is 9.97 Å². The Bertz CT molecular complexity index is 344. The molecule has 0 fully saturated rings. The van der Waals surface area contributed by atoms with Crippen LogP contribution < -0.4 is 5.32 Å². The Kier molecular flexibility index (Phi) is 2.52. The highest BCUT2D eigenvalue weighted by atomic mass is 32.1. The fourth-order valence-corrected chi connectivity index (χ4v) is 1.59. The molecule has 0 bridgehead atoms. The van der Waals surface area contributed by atoms with Crippen LogP contribution in [0.5, 0.6) is 0 Å². The quantitative estimate of drug-likeness (QED) is 0.807. The SMILES string of the molecule is c1cc(CNc2ccsc2)ncn1. The van der Waals surface area contributed by atoms with Crippen LogP contribution in [0, 0.1) is 0 Å². The zero-order valence-corrected chi connectivity index (χ0v) is 7.79. The molecule has 66 valence electrons. The number of hydrogen-bond donors (Lipinski definition) is 1. The monoisotopic (exact) mass is 191 g/mol. The van der Waals surface area contributed by atoms with Crippen LogP contribution in [-0.4, -0.2) is 9.97 Å². The third-order valence-corrected chi connectivity index (χ3v) is 2.32.